The number of rotatable bonds is 1. The van der Waals surface area contributed by atoms with Gasteiger partial charge in [-0.1, -0.05) is 30.3 Å². The van der Waals surface area contributed by atoms with E-state index in [-0.39, 0.29) is 6.09 Å². The average molecular weight is 291 g/mol. The molecular weight excluding hydrogens is 266 g/mol. The zero-order chi connectivity index (χ0) is 15.5. The van der Waals surface area contributed by atoms with Gasteiger partial charge in [-0.2, -0.15) is 0 Å². The zero-order valence-corrected chi connectivity index (χ0v) is 13.1. The van der Waals surface area contributed by atoms with Gasteiger partial charge in [0.05, 0.1) is 5.60 Å². The predicted molar refractivity (Wildman–Crippen MR) is 82.0 cm³/mol. The maximum Gasteiger partial charge on any atom is 0.410 e. The van der Waals surface area contributed by atoms with E-state index in [2.05, 4.69) is 0 Å². The van der Waals surface area contributed by atoms with Crippen molar-refractivity contribution in [1.82, 2.24) is 4.90 Å². The molecule has 4 heteroatoms. The summed E-state index contributed by atoms with van der Waals surface area (Å²) in [4.78, 5) is 13.8. The van der Waals surface area contributed by atoms with Crippen LogP contribution in [0.2, 0.25) is 0 Å². The molecular formula is C17H25NO3. The molecule has 1 atom stereocenters. The molecule has 1 aromatic rings. The highest BCUT2D eigenvalue weighted by Gasteiger charge is 2.34. The maximum absolute atomic E-state index is 12.1. The van der Waals surface area contributed by atoms with Gasteiger partial charge < -0.3 is 14.7 Å². The van der Waals surface area contributed by atoms with Gasteiger partial charge in [0.2, 0.25) is 0 Å². The van der Waals surface area contributed by atoms with E-state index in [1.807, 2.05) is 51.1 Å². The Labute approximate surface area is 126 Å². The minimum atomic E-state index is -0.849. The number of amides is 1. The largest absolute Gasteiger partial charge is 0.444 e. The fourth-order valence-electron chi connectivity index (χ4n) is 2.67. The first-order valence-electron chi connectivity index (χ1n) is 7.56. The number of hydrogen-bond acceptors (Lipinski definition) is 3. The monoisotopic (exact) mass is 291 g/mol. The van der Waals surface area contributed by atoms with E-state index >= 15 is 0 Å². The van der Waals surface area contributed by atoms with Gasteiger partial charge in [-0.15, -0.1) is 0 Å². The topological polar surface area (TPSA) is 49.8 Å². The Morgan fingerprint density at radius 3 is 2.48 bits per heavy atom. The van der Waals surface area contributed by atoms with Crippen LogP contribution in [0.1, 0.15) is 45.6 Å². The number of hydrogen-bond donors (Lipinski definition) is 1. The molecule has 1 aliphatic heterocycles. The second kappa shape index (κ2) is 6.06. The number of carbonyl (C=O) groups excluding carboxylic acids is 1. The van der Waals surface area contributed by atoms with Crippen molar-refractivity contribution in [3.8, 4) is 0 Å². The molecule has 0 aliphatic carbocycles. The number of likely N-dealkylation sites (tertiary alicyclic amines) is 1. The molecule has 0 spiro atoms. The van der Waals surface area contributed by atoms with Crippen LogP contribution in [-0.4, -0.2) is 34.8 Å². The van der Waals surface area contributed by atoms with Crippen LogP contribution < -0.4 is 0 Å². The van der Waals surface area contributed by atoms with Crippen molar-refractivity contribution >= 4 is 6.09 Å². The molecule has 1 heterocycles. The number of ether oxygens (including phenoxy) is 1. The van der Waals surface area contributed by atoms with Crippen LogP contribution in [0.5, 0.6) is 0 Å². The first-order chi connectivity index (χ1) is 9.80. The fraction of sp³-hybridized carbons (Fsp3) is 0.588. The molecule has 0 radical (unpaired) electrons. The van der Waals surface area contributed by atoms with Gasteiger partial charge in [0, 0.05) is 13.1 Å². The van der Waals surface area contributed by atoms with Gasteiger partial charge in [0.15, 0.2) is 0 Å². The molecule has 1 amide bonds. The second-order valence-electron chi connectivity index (χ2n) is 6.72. The summed E-state index contributed by atoms with van der Waals surface area (Å²) in [7, 11) is 0. The molecule has 2 rings (SSSR count). The lowest BCUT2D eigenvalue weighted by molar-refractivity contribution is 0.0128. The van der Waals surface area contributed by atoms with E-state index in [9.17, 15) is 9.90 Å². The normalized spacial score (nSPS) is 23.5. The Bertz CT molecular complexity index is 481. The van der Waals surface area contributed by atoms with Gasteiger partial charge in [0.25, 0.3) is 0 Å². The molecule has 116 valence electrons. The fourth-order valence-corrected chi connectivity index (χ4v) is 2.67. The Morgan fingerprint density at radius 1 is 1.19 bits per heavy atom. The lowest BCUT2D eigenvalue weighted by atomic mass is 9.87. The van der Waals surface area contributed by atoms with Crippen molar-refractivity contribution in [3.05, 3.63) is 35.9 Å². The molecule has 0 bridgehead atoms. The van der Waals surface area contributed by atoms with Crippen molar-refractivity contribution in [3.63, 3.8) is 0 Å². The third-order valence-corrected chi connectivity index (χ3v) is 3.78. The van der Waals surface area contributed by atoms with Crippen molar-refractivity contribution in [2.24, 2.45) is 0 Å². The predicted octanol–water partition coefficient (Wildman–Crippen LogP) is 3.30. The van der Waals surface area contributed by atoms with Crippen LogP contribution in [0, 0.1) is 0 Å². The summed E-state index contributed by atoms with van der Waals surface area (Å²) < 4.78 is 5.41. The molecule has 4 nitrogen and oxygen atoms in total. The van der Waals surface area contributed by atoms with Gasteiger partial charge in [-0.05, 0) is 45.6 Å². The molecule has 1 saturated heterocycles. The lowest BCUT2D eigenvalue weighted by Gasteiger charge is -2.28. The molecule has 0 saturated carbocycles. The van der Waals surface area contributed by atoms with E-state index in [0.717, 1.165) is 12.0 Å². The maximum atomic E-state index is 12.1. The third kappa shape index (κ3) is 4.21. The van der Waals surface area contributed by atoms with E-state index in [0.29, 0.717) is 25.9 Å². The van der Waals surface area contributed by atoms with Crippen LogP contribution >= 0.6 is 0 Å². The number of carbonyl (C=O) groups is 1. The summed E-state index contributed by atoms with van der Waals surface area (Å²) in [5.41, 5.74) is -0.409. The van der Waals surface area contributed by atoms with Crippen LogP contribution in [-0.2, 0) is 10.3 Å². The quantitative estimate of drug-likeness (QED) is 0.863. The third-order valence-electron chi connectivity index (χ3n) is 3.78. The SMILES string of the molecule is CC(C)(C)OC(=O)N1CCCC(O)(c2ccccc2)CC1. The molecule has 1 unspecified atom stereocenters. The summed E-state index contributed by atoms with van der Waals surface area (Å²) in [5, 5.41) is 10.9. The molecule has 1 fully saturated rings. The molecule has 1 aromatic carbocycles. The van der Waals surface area contributed by atoms with Crippen molar-refractivity contribution < 1.29 is 14.6 Å². The summed E-state index contributed by atoms with van der Waals surface area (Å²) in [6, 6.07) is 9.70. The zero-order valence-electron chi connectivity index (χ0n) is 13.1. The highest BCUT2D eigenvalue weighted by atomic mass is 16.6. The van der Waals surface area contributed by atoms with Gasteiger partial charge >= 0.3 is 6.09 Å². The van der Waals surface area contributed by atoms with Gasteiger partial charge in [0.1, 0.15) is 5.60 Å². The van der Waals surface area contributed by atoms with Crippen LogP contribution in [0.15, 0.2) is 30.3 Å². The van der Waals surface area contributed by atoms with Crippen molar-refractivity contribution in [2.75, 3.05) is 13.1 Å². The number of nitrogens with zero attached hydrogens (tertiary/aromatic N) is 1. The molecule has 21 heavy (non-hydrogen) atoms. The van der Waals surface area contributed by atoms with Crippen LogP contribution in [0.4, 0.5) is 4.79 Å². The van der Waals surface area contributed by atoms with E-state index in [4.69, 9.17) is 4.74 Å². The Kier molecular flexibility index (Phi) is 4.57. The van der Waals surface area contributed by atoms with E-state index < -0.39 is 11.2 Å². The van der Waals surface area contributed by atoms with Crippen LogP contribution in [0.25, 0.3) is 0 Å². The smallest absolute Gasteiger partial charge is 0.410 e. The second-order valence-corrected chi connectivity index (χ2v) is 6.72. The summed E-state index contributed by atoms with van der Waals surface area (Å²) in [6.07, 6.45) is 1.68. The van der Waals surface area contributed by atoms with E-state index in [1.165, 1.54) is 0 Å². The summed E-state index contributed by atoms with van der Waals surface area (Å²) >= 11 is 0. The first kappa shape index (κ1) is 15.8. The van der Waals surface area contributed by atoms with Crippen molar-refractivity contribution in [1.29, 1.82) is 0 Å². The minimum absolute atomic E-state index is 0.292. The Hall–Kier alpha value is -1.55. The van der Waals surface area contributed by atoms with E-state index in [1.54, 1.807) is 4.90 Å². The van der Waals surface area contributed by atoms with Gasteiger partial charge in [-0.3, -0.25) is 0 Å². The van der Waals surface area contributed by atoms with Gasteiger partial charge in [-0.25, -0.2) is 4.79 Å². The number of aliphatic hydroxyl groups is 1. The Balaban J connectivity index is 2.04. The summed E-state index contributed by atoms with van der Waals surface area (Å²) in [6.45, 7) is 6.74. The minimum Gasteiger partial charge on any atom is -0.444 e. The van der Waals surface area contributed by atoms with Crippen LogP contribution in [0.3, 0.4) is 0 Å². The average Bonchev–Trinajstić information content (AvgIpc) is 2.61. The standard InChI is InChI=1S/C17H25NO3/c1-16(2,3)21-15(19)18-12-7-10-17(20,11-13-18)14-8-5-4-6-9-14/h4-6,8-9,20H,7,10-13H2,1-3H3. The molecule has 0 aromatic heterocycles. The molecule has 1 N–H and O–H groups in total. The number of benzene rings is 1. The first-order valence-corrected chi connectivity index (χ1v) is 7.56. The highest BCUT2D eigenvalue weighted by molar-refractivity contribution is 5.68. The van der Waals surface area contributed by atoms with Crippen molar-refractivity contribution in [2.45, 2.75) is 51.2 Å². The Morgan fingerprint density at radius 2 is 1.86 bits per heavy atom. The summed E-state index contributed by atoms with van der Waals surface area (Å²) in [5.74, 6) is 0. The highest BCUT2D eigenvalue weighted by Crippen LogP contribution is 2.32. The lowest BCUT2D eigenvalue weighted by Crippen LogP contribution is -2.38. The molecule has 1 aliphatic rings.